The highest BCUT2D eigenvalue weighted by Crippen LogP contribution is 2.40. The van der Waals surface area contributed by atoms with Crippen LogP contribution in [0.4, 0.5) is 14.0 Å². The Hall–Kier alpha value is -4.25. The lowest BCUT2D eigenvalue weighted by Crippen LogP contribution is -2.56. The number of sulfonamides is 1. The number of fused-ring (bicyclic) bond motifs is 1. The highest BCUT2D eigenvalue weighted by molar-refractivity contribution is 7.90. The monoisotopic (exact) mass is 734 g/mol. The maximum absolute atomic E-state index is 14.2. The molecule has 2 saturated carbocycles. The molecule has 5 rings (SSSR count). The number of primary amides is 1. The van der Waals surface area contributed by atoms with Crippen LogP contribution in [0, 0.1) is 17.7 Å². The summed E-state index contributed by atoms with van der Waals surface area (Å²) in [6.07, 6.45) is 4.44. The molecule has 2 aliphatic carbocycles. The molecule has 4 aliphatic rings. The fourth-order valence-electron chi connectivity index (χ4n) is 6.24. The first-order valence-corrected chi connectivity index (χ1v) is 18.8. The third kappa shape index (κ3) is 10.2. The first-order chi connectivity index (χ1) is 24.0. The van der Waals surface area contributed by atoms with Crippen LogP contribution in [0.25, 0.3) is 0 Å². The van der Waals surface area contributed by atoms with Crippen molar-refractivity contribution in [2.45, 2.75) is 101 Å². The number of carbonyl (C=O) groups excluding carboxylic acids is 5. The van der Waals surface area contributed by atoms with Crippen molar-refractivity contribution >= 4 is 39.9 Å². The van der Waals surface area contributed by atoms with E-state index in [0.29, 0.717) is 49.8 Å². The molecule has 3 fully saturated rings. The number of alkyl carbamates (subject to hydrolysis) is 1. The maximum Gasteiger partial charge on any atom is 0.410 e. The summed E-state index contributed by atoms with van der Waals surface area (Å²) in [7, 11) is -3.56. The van der Waals surface area contributed by atoms with Gasteiger partial charge in [-0.25, -0.2) is 22.4 Å². The van der Waals surface area contributed by atoms with Crippen LogP contribution >= 0.6 is 0 Å². The summed E-state index contributed by atoms with van der Waals surface area (Å²) in [6.45, 7) is 5.53. The molecular formula is C34H47FN6O9S. The van der Waals surface area contributed by atoms with Gasteiger partial charge < -0.3 is 30.7 Å². The predicted molar refractivity (Wildman–Crippen MR) is 181 cm³/mol. The van der Waals surface area contributed by atoms with Crippen LogP contribution in [0.15, 0.2) is 30.4 Å². The number of carbonyl (C=O) groups is 5. The molecule has 2 aliphatic heterocycles. The molecule has 1 saturated heterocycles. The van der Waals surface area contributed by atoms with Crippen molar-refractivity contribution in [3.05, 3.63) is 47.3 Å². The summed E-state index contributed by atoms with van der Waals surface area (Å²) >= 11 is 0. The number of hydrogen-bond acceptors (Lipinski definition) is 10. The number of nitrogens with zero attached hydrogens (tertiary/aromatic N) is 2. The van der Waals surface area contributed by atoms with Gasteiger partial charge in [-0.05, 0) is 77.0 Å². The Balaban J connectivity index is 1.11. The molecule has 17 heteroatoms. The number of hydrogen-bond donors (Lipinski definition) is 4. The highest BCUT2D eigenvalue weighted by Gasteiger charge is 2.46. The number of unbranched alkanes of at least 4 members (excludes halogenated alkanes) is 1. The van der Waals surface area contributed by atoms with Gasteiger partial charge in [-0.15, -0.1) is 0 Å². The first-order valence-electron chi connectivity index (χ1n) is 17.3. The molecule has 280 valence electrons. The van der Waals surface area contributed by atoms with E-state index in [9.17, 15) is 36.8 Å². The zero-order valence-electron chi connectivity index (χ0n) is 29.1. The van der Waals surface area contributed by atoms with Crippen molar-refractivity contribution in [1.29, 1.82) is 0 Å². The molecule has 15 nitrogen and oxygen atoms in total. The van der Waals surface area contributed by atoms with E-state index < -0.39 is 74.8 Å². The molecule has 5 N–H and O–H groups in total. The zero-order valence-corrected chi connectivity index (χ0v) is 29.9. The second-order valence-electron chi connectivity index (χ2n) is 14.6. The standard InChI is InChI=1S/C34H47FN6O9S/c1-34(2,3)50-32(45)38-27(16-37-13-6-4-5-8-20-14-24(20)30(43)39-51(47,48)23-11-12-23)31(44)41-18-22(15-28(41)29(36)42)49-33(46)40-17-21-9-7-10-26(35)25(21)19-40/h5,7-10,20,22-24,27-28,37H,4,6,11-19H2,1-3H3,(H2,36,42)(H,38,45)(H,39,43)/b8-5-/t20-,22?,24+,27+,28?/m1/s1. The normalized spacial score (nSPS) is 23.5. The Kier molecular flexibility index (Phi) is 11.6. The van der Waals surface area contributed by atoms with Gasteiger partial charge in [-0.1, -0.05) is 24.3 Å². The van der Waals surface area contributed by atoms with Gasteiger partial charge in [0.1, 0.15) is 29.6 Å². The largest absolute Gasteiger partial charge is 0.444 e. The highest BCUT2D eigenvalue weighted by atomic mass is 32.2. The molecular weight excluding hydrogens is 687 g/mol. The molecule has 0 spiro atoms. The quantitative estimate of drug-likeness (QED) is 0.161. The number of benzene rings is 1. The summed E-state index contributed by atoms with van der Waals surface area (Å²) in [4.78, 5) is 66.8. The van der Waals surface area contributed by atoms with Crippen molar-refractivity contribution in [3.63, 3.8) is 0 Å². The molecule has 2 heterocycles. The Labute approximate surface area is 296 Å². The Bertz CT molecular complexity index is 1660. The van der Waals surface area contributed by atoms with Gasteiger partial charge in [0.05, 0.1) is 18.3 Å². The molecule has 1 aromatic rings. The van der Waals surface area contributed by atoms with Gasteiger partial charge in [0.15, 0.2) is 0 Å². The number of nitrogens with one attached hydrogen (secondary N) is 3. The summed E-state index contributed by atoms with van der Waals surface area (Å²) < 4.78 is 51.4. The minimum atomic E-state index is -3.56. The Morgan fingerprint density at radius 1 is 1.12 bits per heavy atom. The first kappa shape index (κ1) is 38.0. The summed E-state index contributed by atoms with van der Waals surface area (Å²) in [5.74, 6) is -2.65. The van der Waals surface area contributed by atoms with Crippen molar-refractivity contribution < 1.29 is 46.3 Å². The van der Waals surface area contributed by atoms with Crippen LogP contribution in [0.3, 0.4) is 0 Å². The summed E-state index contributed by atoms with van der Waals surface area (Å²) in [5, 5.41) is 5.27. The fraction of sp³-hybridized carbons (Fsp3) is 0.618. The zero-order chi connectivity index (χ0) is 37.1. The molecule has 5 atom stereocenters. The van der Waals surface area contributed by atoms with Crippen molar-refractivity contribution in [1.82, 2.24) is 25.2 Å². The Morgan fingerprint density at radius 2 is 1.86 bits per heavy atom. The third-order valence-electron chi connectivity index (χ3n) is 9.15. The number of halogens is 1. The number of nitrogens with two attached hydrogens (primary N) is 1. The maximum atomic E-state index is 14.2. The van der Waals surface area contributed by atoms with Crippen molar-refractivity contribution in [3.8, 4) is 0 Å². The van der Waals surface area contributed by atoms with E-state index in [4.69, 9.17) is 15.2 Å². The summed E-state index contributed by atoms with van der Waals surface area (Å²) in [5.41, 5.74) is 5.89. The second kappa shape index (κ2) is 15.6. The minimum Gasteiger partial charge on any atom is -0.444 e. The predicted octanol–water partition coefficient (Wildman–Crippen LogP) is 1.80. The van der Waals surface area contributed by atoms with E-state index in [-0.39, 0.29) is 44.4 Å². The lowest BCUT2D eigenvalue weighted by molar-refractivity contribution is -0.139. The van der Waals surface area contributed by atoms with E-state index in [1.54, 1.807) is 32.9 Å². The van der Waals surface area contributed by atoms with Gasteiger partial charge >= 0.3 is 12.2 Å². The smallest absolute Gasteiger partial charge is 0.410 e. The fourth-order valence-corrected chi connectivity index (χ4v) is 7.60. The van der Waals surface area contributed by atoms with Crippen LogP contribution in [0.1, 0.15) is 70.4 Å². The lowest BCUT2D eigenvalue weighted by atomic mass is 10.1. The van der Waals surface area contributed by atoms with Crippen LogP contribution < -0.4 is 21.1 Å². The molecule has 5 amide bonds. The average molecular weight is 735 g/mol. The van der Waals surface area contributed by atoms with Crippen LogP contribution in [-0.4, -0.2) is 96.8 Å². The van der Waals surface area contributed by atoms with Crippen molar-refractivity contribution in [2.75, 3.05) is 19.6 Å². The number of amides is 5. The Morgan fingerprint density at radius 3 is 2.53 bits per heavy atom. The van der Waals surface area contributed by atoms with Gasteiger partial charge in [-0.3, -0.25) is 24.0 Å². The van der Waals surface area contributed by atoms with E-state index in [1.165, 1.54) is 15.9 Å². The number of rotatable bonds is 14. The van der Waals surface area contributed by atoms with Gasteiger partial charge in [0.2, 0.25) is 27.7 Å². The van der Waals surface area contributed by atoms with Gasteiger partial charge in [0.25, 0.3) is 0 Å². The second-order valence-corrected chi connectivity index (χ2v) is 16.5. The van der Waals surface area contributed by atoms with Gasteiger partial charge in [0, 0.05) is 31.0 Å². The molecule has 0 aromatic heterocycles. The average Bonchev–Trinajstić information content (AvgIpc) is 3.95. The molecule has 1 aromatic carbocycles. The van der Waals surface area contributed by atoms with Crippen LogP contribution in [0.2, 0.25) is 0 Å². The van der Waals surface area contributed by atoms with E-state index >= 15 is 0 Å². The number of likely N-dealkylation sites (tertiary alicyclic amines) is 1. The SMILES string of the molecule is CC(C)(C)OC(=O)N[C@@H](CNCCC/C=C\[C@@H]1C[C@@H]1C(=O)NS(=O)(=O)C1CC1)C(=O)N1CC(OC(=O)N2Cc3cccc(F)c3C2)CC1C(N)=O. The number of ether oxygens (including phenoxy) is 2. The number of allylic oxidation sites excluding steroid dienone is 2. The third-order valence-corrected chi connectivity index (χ3v) is 11.0. The molecule has 0 bridgehead atoms. The molecule has 51 heavy (non-hydrogen) atoms. The van der Waals surface area contributed by atoms with Crippen molar-refractivity contribution in [2.24, 2.45) is 17.6 Å². The molecule has 2 unspecified atom stereocenters. The summed E-state index contributed by atoms with van der Waals surface area (Å²) in [6, 6.07) is 2.36. The van der Waals surface area contributed by atoms with E-state index in [2.05, 4.69) is 15.4 Å². The van der Waals surface area contributed by atoms with Crippen LogP contribution in [-0.2, 0) is 47.0 Å². The minimum absolute atomic E-state index is 0.00777. The lowest BCUT2D eigenvalue weighted by Gasteiger charge is -2.29. The molecule has 0 radical (unpaired) electrons. The van der Waals surface area contributed by atoms with E-state index in [1.807, 2.05) is 12.2 Å². The van der Waals surface area contributed by atoms with Gasteiger partial charge in [-0.2, -0.15) is 0 Å². The topological polar surface area (TPSA) is 207 Å². The van der Waals surface area contributed by atoms with Crippen LogP contribution in [0.5, 0.6) is 0 Å². The van der Waals surface area contributed by atoms with E-state index in [0.717, 1.165) is 0 Å².